The third-order valence-corrected chi connectivity index (χ3v) is 4.10. The van der Waals surface area contributed by atoms with Gasteiger partial charge in [0.15, 0.2) is 10.8 Å². The highest BCUT2D eigenvalue weighted by molar-refractivity contribution is 7.16. The molecule has 0 aromatic carbocycles. The molecule has 0 radical (unpaired) electrons. The molecule has 110 valence electrons. The lowest BCUT2D eigenvalue weighted by atomic mass is 10.3. The first-order chi connectivity index (χ1) is 9.45. The lowest BCUT2D eigenvalue weighted by molar-refractivity contribution is -0.114. The summed E-state index contributed by atoms with van der Waals surface area (Å²) in [6, 6.07) is 0. The van der Waals surface area contributed by atoms with E-state index in [2.05, 4.69) is 27.1 Å². The van der Waals surface area contributed by atoms with Crippen LogP contribution in [0.2, 0.25) is 0 Å². The number of carbonyl (C=O) groups excluding carboxylic acids is 1. The molecule has 1 amide bonds. The number of anilines is 1. The van der Waals surface area contributed by atoms with Gasteiger partial charge in [0.2, 0.25) is 5.91 Å². The monoisotopic (exact) mass is 298 g/mol. The molecule has 2 rings (SSSR count). The minimum atomic E-state index is -1.05. The second-order valence-electron chi connectivity index (χ2n) is 4.86. The number of aromatic nitrogens is 1. The summed E-state index contributed by atoms with van der Waals surface area (Å²) in [4.78, 5) is 31.4. The van der Waals surface area contributed by atoms with Crippen LogP contribution in [0.3, 0.4) is 0 Å². The first-order valence-corrected chi connectivity index (χ1v) is 7.19. The van der Waals surface area contributed by atoms with Crippen molar-refractivity contribution in [2.75, 3.05) is 38.5 Å². The topological polar surface area (TPSA) is 85.8 Å². The van der Waals surface area contributed by atoms with Crippen LogP contribution in [0.1, 0.15) is 22.3 Å². The number of likely N-dealkylation sites (N-methyl/N-ethyl adjacent to an activating group) is 1. The molecule has 20 heavy (non-hydrogen) atoms. The van der Waals surface area contributed by atoms with E-state index in [9.17, 15) is 14.7 Å². The lowest BCUT2D eigenvalue weighted by Gasteiger charge is -2.31. The molecule has 1 aliphatic heterocycles. The third kappa shape index (κ3) is 3.75. The Balaban J connectivity index is 2.11. The number of aromatic carboxylic acids is 1. The summed E-state index contributed by atoms with van der Waals surface area (Å²) in [5.74, 6) is -1.30. The predicted molar refractivity (Wildman–Crippen MR) is 76.2 cm³/mol. The maximum atomic E-state index is 11.2. The number of nitrogens with zero attached hydrogens (tertiary/aromatic N) is 3. The number of rotatable bonds is 4. The van der Waals surface area contributed by atoms with Crippen molar-refractivity contribution in [2.45, 2.75) is 13.5 Å². The van der Waals surface area contributed by atoms with Crippen molar-refractivity contribution >= 4 is 28.3 Å². The molecule has 1 aromatic heterocycles. The van der Waals surface area contributed by atoms with Crippen molar-refractivity contribution in [3.63, 3.8) is 0 Å². The van der Waals surface area contributed by atoms with E-state index in [1.54, 1.807) is 0 Å². The fraction of sp³-hybridized carbons (Fsp3) is 0.583. The molecule has 1 fully saturated rings. The van der Waals surface area contributed by atoms with Gasteiger partial charge in [-0.15, -0.1) is 0 Å². The minimum Gasteiger partial charge on any atom is -0.476 e. The molecule has 0 bridgehead atoms. The van der Waals surface area contributed by atoms with E-state index >= 15 is 0 Å². The van der Waals surface area contributed by atoms with Crippen LogP contribution in [0.15, 0.2) is 0 Å². The van der Waals surface area contributed by atoms with Crippen LogP contribution in [-0.4, -0.2) is 65.0 Å². The summed E-state index contributed by atoms with van der Waals surface area (Å²) in [6.07, 6.45) is 0. The van der Waals surface area contributed by atoms with Crippen LogP contribution >= 0.6 is 11.3 Å². The number of thiazole rings is 1. The zero-order chi connectivity index (χ0) is 14.7. The van der Waals surface area contributed by atoms with Crippen LogP contribution in [0.4, 0.5) is 5.13 Å². The molecule has 0 saturated carbocycles. The van der Waals surface area contributed by atoms with E-state index in [0.29, 0.717) is 16.6 Å². The van der Waals surface area contributed by atoms with Gasteiger partial charge in [-0.2, -0.15) is 0 Å². The molecule has 0 atom stereocenters. The Bertz CT molecular complexity index is 509. The molecule has 8 heteroatoms. The summed E-state index contributed by atoms with van der Waals surface area (Å²) in [6.45, 7) is 5.69. The molecular weight excluding hydrogens is 280 g/mol. The van der Waals surface area contributed by atoms with E-state index < -0.39 is 5.97 Å². The number of amides is 1. The third-order valence-electron chi connectivity index (χ3n) is 3.15. The highest BCUT2D eigenvalue weighted by Gasteiger charge is 2.21. The molecule has 0 aliphatic carbocycles. The van der Waals surface area contributed by atoms with Gasteiger partial charge >= 0.3 is 5.97 Å². The number of carboxylic acids is 1. The molecule has 0 spiro atoms. The zero-order valence-electron chi connectivity index (χ0n) is 11.5. The van der Waals surface area contributed by atoms with Gasteiger partial charge in [-0.25, -0.2) is 9.78 Å². The Kier molecular flexibility index (Phi) is 4.69. The summed E-state index contributed by atoms with van der Waals surface area (Å²) < 4.78 is 0. The average molecular weight is 298 g/mol. The Hall–Kier alpha value is -1.51. The summed E-state index contributed by atoms with van der Waals surface area (Å²) in [5, 5.41) is 12.1. The first-order valence-electron chi connectivity index (χ1n) is 6.37. The molecule has 2 N–H and O–H groups in total. The minimum absolute atomic E-state index is 0.0395. The maximum Gasteiger partial charge on any atom is 0.355 e. The fourth-order valence-corrected chi connectivity index (χ4v) is 3.08. The number of carbonyl (C=O) groups is 2. The van der Waals surface area contributed by atoms with Crippen LogP contribution in [0, 0.1) is 0 Å². The van der Waals surface area contributed by atoms with Gasteiger partial charge < -0.3 is 15.3 Å². The molecule has 1 aromatic rings. The Morgan fingerprint density at radius 1 is 1.35 bits per heavy atom. The SMILES string of the molecule is CC(=O)Nc1nc(C(=O)O)c(CN2CCN(C)CC2)s1. The largest absolute Gasteiger partial charge is 0.476 e. The van der Waals surface area contributed by atoms with Crippen LogP contribution in [-0.2, 0) is 11.3 Å². The summed E-state index contributed by atoms with van der Waals surface area (Å²) in [7, 11) is 2.07. The number of hydrogen-bond acceptors (Lipinski definition) is 6. The molecular formula is C12H18N4O3S. The molecule has 0 unspecified atom stereocenters. The number of piperazine rings is 1. The van der Waals surface area contributed by atoms with E-state index in [4.69, 9.17) is 0 Å². The van der Waals surface area contributed by atoms with Crippen molar-refractivity contribution in [3.8, 4) is 0 Å². The van der Waals surface area contributed by atoms with Gasteiger partial charge in [0.05, 0.1) is 4.88 Å². The van der Waals surface area contributed by atoms with Gasteiger partial charge in [-0.05, 0) is 7.05 Å². The van der Waals surface area contributed by atoms with E-state index in [0.717, 1.165) is 26.2 Å². The standard InChI is InChI=1S/C12H18N4O3S/c1-8(17)13-12-14-10(11(18)19)9(20-12)7-16-5-3-15(2)4-6-16/h3-7H2,1-2H3,(H,18,19)(H,13,14,17). The maximum absolute atomic E-state index is 11.2. The molecule has 1 aliphatic rings. The van der Waals surface area contributed by atoms with Crippen LogP contribution in [0.5, 0.6) is 0 Å². The number of carboxylic acid groups (broad SMARTS) is 1. The predicted octanol–water partition coefficient (Wildman–Crippen LogP) is 0.547. The van der Waals surface area contributed by atoms with Gasteiger partial charge in [0, 0.05) is 39.6 Å². The number of hydrogen-bond donors (Lipinski definition) is 2. The molecule has 1 saturated heterocycles. The van der Waals surface area contributed by atoms with E-state index in [1.807, 2.05) is 0 Å². The van der Waals surface area contributed by atoms with Crippen molar-refractivity contribution in [1.29, 1.82) is 0 Å². The Morgan fingerprint density at radius 3 is 2.55 bits per heavy atom. The summed E-state index contributed by atoms with van der Waals surface area (Å²) in [5.41, 5.74) is 0.0395. The second-order valence-corrected chi connectivity index (χ2v) is 5.94. The molecule has 7 nitrogen and oxygen atoms in total. The highest BCUT2D eigenvalue weighted by atomic mass is 32.1. The average Bonchev–Trinajstić information content (AvgIpc) is 2.74. The van der Waals surface area contributed by atoms with E-state index in [1.165, 1.54) is 18.3 Å². The number of nitrogens with one attached hydrogen (secondary N) is 1. The quantitative estimate of drug-likeness (QED) is 0.844. The van der Waals surface area contributed by atoms with Gasteiger partial charge in [0.1, 0.15) is 0 Å². The molecule has 2 heterocycles. The second kappa shape index (κ2) is 6.29. The van der Waals surface area contributed by atoms with Crippen molar-refractivity contribution in [2.24, 2.45) is 0 Å². The van der Waals surface area contributed by atoms with Crippen molar-refractivity contribution in [1.82, 2.24) is 14.8 Å². The first kappa shape index (κ1) is 14.9. The zero-order valence-corrected chi connectivity index (χ0v) is 12.4. The normalized spacial score (nSPS) is 17.1. The van der Waals surface area contributed by atoms with Crippen LogP contribution < -0.4 is 5.32 Å². The lowest BCUT2D eigenvalue weighted by Crippen LogP contribution is -2.43. The Morgan fingerprint density at radius 2 is 2.00 bits per heavy atom. The van der Waals surface area contributed by atoms with Crippen LogP contribution in [0.25, 0.3) is 0 Å². The van der Waals surface area contributed by atoms with Gasteiger partial charge in [-0.3, -0.25) is 9.69 Å². The highest BCUT2D eigenvalue weighted by Crippen LogP contribution is 2.25. The van der Waals surface area contributed by atoms with Gasteiger partial charge in [0.25, 0.3) is 0 Å². The smallest absolute Gasteiger partial charge is 0.355 e. The van der Waals surface area contributed by atoms with E-state index in [-0.39, 0.29) is 11.6 Å². The van der Waals surface area contributed by atoms with Gasteiger partial charge in [-0.1, -0.05) is 11.3 Å². The summed E-state index contributed by atoms with van der Waals surface area (Å²) >= 11 is 1.23. The van der Waals surface area contributed by atoms with Crippen molar-refractivity contribution < 1.29 is 14.7 Å². The fourth-order valence-electron chi connectivity index (χ4n) is 2.04. The Labute approximate surface area is 121 Å². The van der Waals surface area contributed by atoms with Crippen molar-refractivity contribution in [3.05, 3.63) is 10.6 Å².